The third-order valence-corrected chi connectivity index (χ3v) is 2.83. The molecule has 0 aliphatic carbocycles. The molecule has 0 radical (unpaired) electrons. The van der Waals surface area contributed by atoms with Crippen molar-refractivity contribution in [3.05, 3.63) is 23.9 Å². The molecule has 1 N–H and O–H groups in total. The number of hydrogen-bond donors (Lipinski definition) is 1. The average molecular weight is 249 g/mol. The predicted molar refractivity (Wildman–Crippen MR) is 78.9 cm³/mol. The van der Waals surface area contributed by atoms with Gasteiger partial charge in [-0.1, -0.05) is 26.8 Å². The Balaban J connectivity index is 2.83. The highest BCUT2D eigenvalue weighted by Crippen LogP contribution is 2.16. The molecular formula is C15H27N3. The molecule has 1 heterocycles. The summed E-state index contributed by atoms with van der Waals surface area (Å²) in [5, 5.41) is 3.32. The molecule has 1 rings (SSSR count). The molecule has 0 bridgehead atoms. The minimum absolute atomic E-state index is 0.481. The van der Waals surface area contributed by atoms with E-state index in [0.29, 0.717) is 12.0 Å². The largest absolute Gasteiger partial charge is 0.354 e. The number of nitrogens with zero attached hydrogens (tertiary/aromatic N) is 2. The number of aromatic nitrogens is 1. The maximum atomic E-state index is 4.75. The van der Waals surface area contributed by atoms with E-state index < -0.39 is 0 Å². The van der Waals surface area contributed by atoms with Gasteiger partial charge in [-0.25, -0.2) is 4.98 Å². The van der Waals surface area contributed by atoms with E-state index >= 15 is 0 Å². The van der Waals surface area contributed by atoms with Gasteiger partial charge in [-0.05, 0) is 38.4 Å². The van der Waals surface area contributed by atoms with Crippen LogP contribution in [0, 0.1) is 5.92 Å². The van der Waals surface area contributed by atoms with Crippen LogP contribution in [-0.4, -0.2) is 24.1 Å². The molecule has 0 aromatic carbocycles. The van der Waals surface area contributed by atoms with Crippen molar-refractivity contribution < 1.29 is 0 Å². The summed E-state index contributed by atoms with van der Waals surface area (Å²) in [5.41, 5.74) is 1.11. The zero-order valence-corrected chi connectivity index (χ0v) is 12.4. The monoisotopic (exact) mass is 249 g/mol. The summed E-state index contributed by atoms with van der Waals surface area (Å²) >= 11 is 0. The van der Waals surface area contributed by atoms with Crippen molar-refractivity contribution in [2.75, 3.05) is 18.0 Å². The molecule has 102 valence electrons. The molecule has 0 saturated carbocycles. The lowest BCUT2D eigenvalue weighted by atomic mass is 10.1. The average Bonchev–Trinajstić information content (AvgIpc) is 2.33. The van der Waals surface area contributed by atoms with E-state index in [-0.39, 0.29) is 0 Å². The molecule has 0 atom stereocenters. The fourth-order valence-electron chi connectivity index (χ4n) is 1.94. The first-order chi connectivity index (χ1) is 8.54. The SMILES string of the molecule is CCNCc1cccc(N(CC(C)C)C(C)C)n1. The van der Waals surface area contributed by atoms with Gasteiger partial charge < -0.3 is 10.2 Å². The van der Waals surface area contributed by atoms with Crippen LogP contribution < -0.4 is 10.2 Å². The normalized spacial score (nSPS) is 11.3. The minimum Gasteiger partial charge on any atom is -0.354 e. The van der Waals surface area contributed by atoms with Crippen molar-refractivity contribution in [3.63, 3.8) is 0 Å². The Morgan fingerprint density at radius 2 is 1.94 bits per heavy atom. The van der Waals surface area contributed by atoms with Crippen molar-refractivity contribution in [2.45, 2.75) is 47.2 Å². The number of nitrogens with one attached hydrogen (secondary N) is 1. The van der Waals surface area contributed by atoms with E-state index in [1.54, 1.807) is 0 Å². The van der Waals surface area contributed by atoms with Gasteiger partial charge in [0.05, 0.1) is 5.69 Å². The first kappa shape index (κ1) is 15.0. The van der Waals surface area contributed by atoms with Gasteiger partial charge in [-0.2, -0.15) is 0 Å². The van der Waals surface area contributed by atoms with Crippen LogP contribution in [0.4, 0.5) is 5.82 Å². The van der Waals surface area contributed by atoms with Crippen molar-refractivity contribution in [2.24, 2.45) is 5.92 Å². The Hall–Kier alpha value is -1.09. The molecule has 0 aliphatic heterocycles. The quantitative estimate of drug-likeness (QED) is 0.805. The summed E-state index contributed by atoms with van der Waals surface area (Å²) in [6.07, 6.45) is 0. The Labute approximate surface area is 112 Å². The topological polar surface area (TPSA) is 28.2 Å². The van der Waals surface area contributed by atoms with Crippen LogP contribution in [0.5, 0.6) is 0 Å². The van der Waals surface area contributed by atoms with Crippen LogP contribution in [0.3, 0.4) is 0 Å². The second kappa shape index (κ2) is 7.37. The van der Waals surface area contributed by atoms with E-state index in [2.05, 4.69) is 63.0 Å². The molecule has 3 nitrogen and oxygen atoms in total. The second-order valence-electron chi connectivity index (χ2n) is 5.41. The standard InChI is InChI=1S/C15H27N3/c1-6-16-10-14-8-7-9-15(17-14)18(13(4)5)11-12(2)3/h7-9,12-13,16H,6,10-11H2,1-5H3. The Morgan fingerprint density at radius 3 is 2.50 bits per heavy atom. The van der Waals surface area contributed by atoms with Gasteiger partial charge in [0, 0.05) is 19.1 Å². The highest BCUT2D eigenvalue weighted by atomic mass is 15.2. The number of pyridine rings is 1. The lowest BCUT2D eigenvalue weighted by molar-refractivity contribution is 0.564. The second-order valence-corrected chi connectivity index (χ2v) is 5.41. The molecule has 18 heavy (non-hydrogen) atoms. The summed E-state index contributed by atoms with van der Waals surface area (Å²) < 4.78 is 0. The Bertz CT molecular complexity index is 347. The molecule has 3 heteroatoms. The molecule has 0 saturated heterocycles. The molecule has 0 amide bonds. The van der Waals surface area contributed by atoms with Crippen LogP contribution in [0.2, 0.25) is 0 Å². The Morgan fingerprint density at radius 1 is 1.22 bits per heavy atom. The molecular weight excluding hydrogens is 222 g/mol. The zero-order valence-electron chi connectivity index (χ0n) is 12.4. The summed E-state index contributed by atoms with van der Waals surface area (Å²) in [6, 6.07) is 6.78. The summed E-state index contributed by atoms with van der Waals surface area (Å²) in [4.78, 5) is 7.12. The van der Waals surface area contributed by atoms with Gasteiger partial charge in [-0.15, -0.1) is 0 Å². The summed E-state index contributed by atoms with van der Waals surface area (Å²) in [7, 11) is 0. The number of hydrogen-bond acceptors (Lipinski definition) is 3. The smallest absolute Gasteiger partial charge is 0.129 e. The van der Waals surface area contributed by atoms with Crippen LogP contribution in [0.1, 0.15) is 40.3 Å². The van der Waals surface area contributed by atoms with E-state index in [1.165, 1.54) is 0 Å². The van der Waals surface area contributed by atoms with E-state index in [0.717, 1.165) is 31.1 Å². The summed E-state index contributed by atoms with van der Waals surface area (Å²) in [5.74, 6) is 1.74. The first-order valence-electron chi connectivity index (χ1n) is 6.97. The van der Waals surface area contributed by atoms with E-state index in [1.807, 2.05) is 0 Å². The molecule has 1 aromatic rings. The molecule has 0 unspecified atom stereocenters. The fourth-order valence-corrected chi connectivity index (χ4v) is 1.94. The molecule has 0 fully saturated rings. The van der Waals surface area contributed by atoms with Crippen LogP contribution >= 0.6 is 0 Å². The van der Waals surface area contributed by atoms with Gasteiger partial charge in [0.1, 0.15) is 5.82 Å². The van der Waals surface area contributed by atoms with Crippen molar-refractivity contribution in [1.82, 2.24) is 10.3 Å². The minimum atomic E-state index is 0.481. The van der Waals surface area contributed by atoms with Crippen molar-refractivity contribution >= 4 is 5.82 Å². The molecule has 0 spiro atoms. The van der Waals surface area contributed by atoms with Gasteiger partial charge in [-0.3, -0.25) is 0 Å². The van der Waals surface area contributed by atoms with E-state index in [9.17, 15) is 0 Å². The van der Waals surface area contributed by atoms with Crippen LogP contribution in [0.25, 0.3) is 0 Å². The van der Waals surface area contributed by atoms with Gasteiger partial charge in [0.25, 0.3) is 0 Å². The lowest BCUT2D eigenvalue weighted by Gasteiger charge is -2.30. The highest BCUT2D eigenvalue weighted by Gasteiger charge is 2.13. The lowest BCUT2D eigenvalue weighted by Crippen LogP contribution is -2.35. The van der Waals surface area contributed by atoms with E-state index in [4.69, 9.17) is 4.98 Å². The van der Waals surface area contributed by atoms with Crippen molar-refractivity contribution in [1.29, 1.82) is 0 Å². The van der Waals surface area contributed by atoms with Crippen LogP contribution in [0.15, 0.2) is 18.2 Å². The van der Waals surface area contributed by atoms with Gasteiger partial charge >= 0.3 is 0 Å². The maximum Gasteiger partial charge on any atom is 0.129 e. The van der Waals surface area contributed by atoms with Gasteiger partial charge in [0.2, 0.25) is 0 Å². The first-order valence-corrected chi connectivity index (χ1v) is 6.97. The molecule has 1 aromatic heterocycles. The van der Waals surface area contributed by atoms with Gasteiger partial charge in [0.15, 0.2) is 0 Å². The van der Waals surface area contributed by atoms with Crippen LogP contribution in [-0.2, 0) is 6.54 Å². The Kier molecular flexibility index (Phi) is 6.13. The number of anilines is 1. The fraction of sp³-hybridized carbons (Fsp3) is 0.667. The summed E-state index contributed by atoms with van der Waals surface area (Å²) in [6.45, 7) is 13.9. The maximum absolute atomic E-state index is 4.75. The third-order valence-electron chi connectivity index (χ3n) is 2.83. The predicted octanol–water partition coefficient (Wildman–Crippen LogP) is 3.06. The van der Waals surface area contributed by atoms with Crippen molar-refractivity contribution in [3.8, 4) is 0 Å². The zero-order chi connectivity index (χ0) is 13.5. The highest BCUT2D eigenvalue weighted by molar-refractivity contribution is 5.40. The molecule has 0 aliphatic rings. The number of rotatable bonds is 7. The third kappa shape index (κ3) is 4.65.